The van der Waals surface area contributed by atoms with E-state index in [-0.39, 0.29) is 70.2 Å². The van der Waals surface area contributed by atoms with Crippen LogP contribution in [0.1, 0.15) is 198 Å². The molecule has 0 bridgehead atoms. The van der Waals surface area contributed by atoms with Crippen LogP contribution in [0.3, 0.4) is 0 Å². The van der Waals surface area contributed by atoms with Gasteiger partial charge in [0.05, 0.1) is 22.8 Å². The molecule has 116 heavy (non-hydrogen) atoms. The molecule has 8 aromatic rings. The highest BCUT2D eigenvalue weighted by Crippen LogP contribution is 2.36. The summed E-state index contributed by atoms with van der Waals surface area (Å²) in [4.78, 5) is 80.4. The first-order chi connectivity index (χ1) is 54.9. The number of benzene rings is 4. The second kappa shape index (κ2) is 42.1. The second-order valence-electron chi connectivity index (χ2n) is 30.4. The maximum Gasteiger partial charge on any atom is 0.573 e. The molecule has 16 nitrogen and oxygen atoms in total. The molecule has 8 heterocycles. The van der Waals surface area contributed by atoms with Crippen LogP contribution in [0.25, 0.3) is 0 Å². The molecule has 624 valence electrons. The third-order valence-electron chi connectivity index (χ3n) is 19.1. The van der Waals surface area contributed by atoms with E-state index in [2.05, 4.69) is 87.3 Å². The Morgan fingerprint density at radius 3 is 1.15 bits per heavy atom. The number of carbonyl (C=O) groups is 4. The summed E-state index contributed by atoms with van der Waals surface area (Å²) in [5.41, 5.74) is 4.90. The Kier molecular flexibility index (Phi) is 33.1. The highest BCUT2D eigenvalue weighted by Gasteiger charge is 2.35. The minimum absolute atomic E-state index is 0.0304. The third kappa shape index (κ3) is 30.4. The lowest BCUT2D eigenvalue weighted by Gasteiger charge is -2.38. The molecule has 4 saturated heterocycles. The van der Waals surface area contributed by atoms with E-state index in [0.717, 1.165) is 129 Å². The Morgan fingerprint density at radius 1 is 0.431 bits per heavy atom. The Bertz CT molecular complexity index is 4420. The van der Waals surface area contributed by atoms with Crippen molar-refractivity contribution in [2.45, 2.75) is 219 Å². The van der Waals surface area contributed by atoms with Crippen molar-refractivity contribution in [1.82, 2.24) is 39.5 Å². The molecule has 4 aromatic heterocycles. The van der Waals surface area contributed by atoms with Crippen molar-refractivity contribution in [3.63, 3.8) is 0 Å². The molecule has 4 aromatic carbocycles. The Morgan fingerprint density at radius 2 is 0.784 bits per heavy atom. The summed E-state index contributed by atoms with van der Waals surface area (Å²) in [6.45, 7) is 20.9. The normalized spacial score (nSPS) is 18.4. The maximum atomic E-state index is 13.0. The number of nitrogens with zero attached hydrogens (tertiary/aromatic N) is 8. The van der Waals surface area contributed by atoms with Crippen molar-refractivity contribution in [3.8, 4) is 23.0 Å². The third-order valence-corrected chi connectivity index (χ3v) is 23.2. The minimum atomic E-state index is -4.72. The van der Waals surface area contributed by atoms with Crippen molar-refractivity contribution in [3.05, 3.63) is 215 Å². The first-order valence-electron chi connectivity index (χ1n) is 38.8. The number of halogens is 9. The van der Waals surface area contributed by atoms with Crippen LogP contribution in [0.5, 0.6) is 23.0 Å². The maximum absolute atomic E-state index is 13.0. The SMILES string of the molecule is CC1(C)CCCN(C(=O)c2cccc(CSc3cccc(OC(C)(F)F)c3)n2)C1.CC1CC(C)CN(C(=O)c2cccc(CSc3cccc(OC(C)(F)F)c3)n2)C1.CC1CCCC(C)N1C(=O)c1cccc(CSc2cccc(OC(C)(F)F)c2)n1.CCC1CCCCN1C(=O)c1cccc(CSc2cccc(OC(F)(F)F)c2)n1. The molecule has 0 radical (unpaired) electrons. The minimum Gasteiger partial charge on any atom is -0.433 e. The number of pyridine rings is 4. The zero-order valence-corrected chi connectivity index (χ0v) is 70.1. The molecular formula is C87H101F9N8O8S4. The number of hydrogen-bond donors (Lipinski definition) is 0. The fourth-order valence-corrected chi connectivity index (χ4v) is 17.6. The number of amides is 4. The van der Waals surface area contributed by atoms with Crippen LogP contribution < -0.4 is 18.9 Å². The lowest BCUT2D eigenvalue weighted by molar-refractivity contribution is -0.274. The number of rotatable bonds is 24. The fraction of sp³-hybridized carbons (Fsp3) is 0.448. The average molecular weight is 1690 g/mol. The van der Waals surface area contributed by atoms with Crippen LogP contribution >= 0.6 is 47.0 Å². The summed E-state index contributed by atoms with van der Waals surface area (Å²) in [7, 11) is 0. The molecule has 5 atom stereocenters. The van der Waals surface area contributed by atoms with E-state index in [1.54, 1.807) is 72.8 Å². The molecular weight excluding hydrogens is 1580 g/mol. The van der Waals surface area contributed by atoms with E-state index in [9.17, 15) is 58.7 Å². The van der Waals surface area contributed by atoms with Crippen LogP contribution in [0.4, 0.5) is 39.5 Å². The Labute approximate surface area is 691 Å². The van der Waals surface area contributed by atoms with Crippen LogP contribution in [0, 0.1) is 17.3 Å². The number of piperidine rings is 4. The van der Waals surface area contributed by atoms with Gasteiger partial charge in [0.25, 0.3) is 23.6 Å². The highest BCUT2D eigenvalue weighted by molar-refractivity contribution is 7.99. The van der Waals surface area contributed by atoms with Gasteiger partial charge < -0.3 is 38.5 Å². The quantitative estimate of drug-likeness (QED) is 0.0413. The van der Waals surface area contributed by atoms with Gasteiger partial charge in [-0.05, 0) is 217 Å². The number of hydrogen-bond acceptors (Lipinski definition) is 16. The van der Waals surface area contributed by atoms with Crippen molar-refractivity contribution in [2.75, 3.05) is 32.7 Å². The lowest BCUT2D eigenvalue weighted by Crippen LogP contribution is -2.47. The van der Waals surface area contributed by atoms with E-state index in [1.807, 2.05) is 80.3 Å². The summed E-state index contributed by atoms with van der Waals surface area (Å²) >= 11 is 5.71. The standard InChI is InChI=1S/3C22H26F2N2O2S.C21H23F3N2O2S/c1-21(2)11-6-12-26(15-21)20(27)19-10-4-7-16(25-19)14-29-18-9-5-8-17(13-18)28-22(3,23)24;1-15-7-4-8-16(2)26(15)21(27)20-12-5-9-17(25-20)14-29-19-11-6-10-18(13-19)28-22(3,23)24;1-15-10-16(2)13-26(12-15)21(27)20-9-4-6-17(25-20)14-29-19-8-5-7-18(11-19)28-22(3,23)24;1-2-16-8-3-4-12-26(16)20(27)19-11-5-7-15(25-19)14-29-18-10-6-9-17(13-18)28-21(22,23)24/h4-5,7-10,13H,6,11-12,14-15H2,1-3H3;5-6,9-13,15-16H,4,7-8,14H2,1-3H3;4-9,11,15-16H,10,12-14H2,1-3H3;5-7,9-11,13,16H,2-4,8,12,14H2,1H3. The van der Waals surface area contributed by atoms with Crippen LogP contribution in [0.15, 0.2) is 189 Å². The summed E-state index contributed by atoms with van der Waals surface area (Å²) in [5.74, 6) is 2.95. The molecule has 12 rings (SSSR count). The molecule has 29 heteroatoms. The van der Waals surface area contributed by atoms with Gasteiger partial charge in [0.1, 0.15) is 45.8 Å². The molecule has 0 spiro atoms. The largest absolute Gasteiger partial charge is 0.573 e. The van der Waals surface area contributed by atoms with Gasteiger partial charge in [0.2, 0.25) is 0 Å². The fourth-order valence-electron chi connectivity index (χ4n) is 14.2. The van der Waals surface area contributed by atoms with Gasteiger partial charge in [-0.2, -0.15) is 26.3 Å². The number of thioether (sulfide) groups is 4. The molecule has 4 amide bonds. The summed E-state index contributed by atoms with van der Waals surface area (Å²) in [6.07, 6.45) is -3.84. The lowest BCUT2D eigenvalue weighted by atomic mass is 9.84. The van der Waals surface area contributed by atoms with Crippen LogP contribution in [-0.4, -0.2) is 139 Å². The number of likely N-dealkylation sites (tertiary alicyclic amines) is 4. The number of alkyl halides is 9. The summed E-state index contributed by atoms with van der Waals surface area (Å²) in [5, 5.41) is 0. The molecule has 4 aliphatic heterocycles. The van der Waals surface area contributed by atoms with Gasteiger partial charge >= 0.3 is 24.7 Å². The van der Waals surface area contributed by atoms with E-state index in [0.29, 0.717) is 89.0 Å². The molecule has 5 unspecified atom stereocenters. The van der Waals surface area contributed by atoms with Gasteiger partial charge in [-0.15, -0.1) is 60.2 Å². The first kappa shape index (κ1) is 91.2. The number of ether oxygens (including phenoxy) is 4. The van der Waals surface area contributed by atoms with Gasteiger partial charge in [0, 0.05) is 114 Å². The number of aromatic nitrogens is 4. The molecule has 4 aliphatic rings. The average Bonchev–Trinajstić information content (AvgIpc) is 0.824. The summed E-state index contributed by atoms with van der Waals surface area (Å²) in [6, 6.07) is 47.9. The van der Waals surface area contributed by atoms with Gasteiger partial charge in [-0.25, -0.2) is 19.9 Å². The van der Waals surface area contributed by atoms with Crippen molar-refractivity contribution < 1.29 is 77.6 Å². The Hall–Kier alpha value is -8.67. The van der Waals surface area contributed by atoms with Gasteiger partial charge in [-0.3, -0.25) is 19.2 Å². The zero-order valence-electron chi connectivity index (χ0n) is 66.9. The predicted molar refractivity (Wildman–Crippen MR) is 437 cm³/mol. The molecule has 0 N–H and O–H groups in total. The monoisotopic (exact) mass is 1680 g/mol. The van der Waals surface area contributed by atoms with E-state index < -0.39 is 24.7 Å². The van der Waals surface area contributed by atoms with Crippen molar-refractivity contribution >= 4 is 70.7 Å². The second-order valence-corrected chi connectivity index (χ2v) is 34.6. The first-order valence-corrected chi connectivity index (χ1v) is 42.8. The molecule has 0 saturated carbocycles. The van der Waals surface area contributed by atoms with Gasteiger partial charge in [0.15, 0.2) is 0 Å². The topological polar surface area (TPSA) is 170 Å². The summed E-state index contributed by atoms with van der Waals surface area (Å²) < 4.78 is 133. The van der Waals surface area contributed by atoms with Crippen molar-refractivity contribution in [2.24, 2.45) is 17.3 Å². The number of carbonyl (C=O) groups excluding carboxylic acids is 4. The van der Waals surface area contributed by atoms with Crippen LogP contribution in [0.2, 0.25) is 0 Å². The zero-order chi connectivity index (χ0) is 84.0. The Balaban J connectivity index is 0.000000177. The van der Waals surface area contributed by atoms with Crippen LogP contribution in [-0.2, 0) is 23.0 Å². The van der Waals surface area contributed by atoms with E-state index in [1.165, 1.54) is 83.4 Å². The highest BCUT2D eigenvalue weighted by atomic mass is 32.2. The molecule has 4 fully saturated rings. The van der Waals surface area contributed by atoms with Gasteiger partial charge in [-0.1, -0.05) is 83.1 Å². The van der Waals surface area contributed by atoms with E-state index >= 15 is 0 Å². The van der Waals surface area contributed by atoms with Crippen molar-refractivity contribution in [1.29, 1.82) is 0 Å². The smallest absolute Gasteiger partial charge is 0.433 e. The predicted octanol–water partition coefficient (Wildman–Crippen LogP) is 22.6. The molecule has 0 aliphatic carbocycles. The van der Waals surface area contributed by atoms with E-state index in [4.69, 9.17) is 0 Å².